The lowest BCUT2D eigenvalue weighted by Gasteiger charge is -2.32. The Kier molecular flexibility index (Phi) is 9.31. The lowest BCUT2D eigenvalue weighted by Crippen LogP contribution is -2.29. The predicted molar refractivity (Wildman–Crippen MR) is 126 cm³/mol. The summed E-state index contributed by atoms with van der Waals surface area (Å²) < 4.78 is 17.5. The molecule has 0 unspecified atom stereocenters. The molecule has 0 atom stereocenters. The quantitative estimate of drug-likeness (QED) is 0.303. The van der Waals surface area contributed by atoms with Crippen LogP contribution in [0, 0.1) is 17.8 Å². The van der Waals surface area contributed by atoms with Gasteiger partial charge in [-0.15, -0.1) is 0 Å². The van der Waals surface area contributed by atoms with Gasteiger partial charge in [0.15, 0.2) is 6.79 Å². The molecule has 4 rings (SSSR count). The summed E-state index contributed by atoms with van der Waals surface area (Å²) in [6, 6.07) is 9.89. The van der Waals surface area contributed by atoms with E-state index in [0.717, 1.165) is 56.1 Å². The molecule has 0 radical (unpaired) electrons. The van der Waals surface area contributed by atoms with Crippen molar-refractivity contribution >= 4 is 5.97 Å². The van der Waals surface area contributed by atoms with Crippen LogP contribution in [0.5, 0.6) is 5.75 Å². The molecule has 3 fully saturated rings. The summed E-state index contributed by atoms with van der Waals surface area (Å²) in [5.74, 6) is 2.79. The van der Waals surface area contributed by atoms with Crippen LogP contribution >= 0.6 is 0 Å². The van der Waals surface area contributed by atoms with E-state index in [4.69, 9.17) is 14.2 Å². The SMILES string of the molecule is O=C(OC1CCCCC1)C1CCC(CCC2CCC(OCOc3ccccc3)CC2)CC1. The van der Waals surface area contributed by atoms with E-state index in [1.54, 1.807) is 0 Å². The highest BCUT2D eigenvalue weighted by Crippen LogP contribution is 2.36. The maximum absolute atomic E-state index is 12.5. The molecular weight excluding hydrogens is 400 g/mol. The first kappa shape index (κ1) is 23.6. The highest BCUT2D eigenvalue weighted by Gasteiger charge is 2.30. The first-order valence-electron chi connectivity index (χ1n) is 13.3. The van der Waals surface area contributed by atoms with Crippen molar-refractivity contribution in [2.45, 2.75) is 109 Å². The van der Waals surface area contributed by atoms with Crippen molar-refractivity contribution in [3.63, 3.8) is 0 Å². The second-order valence-electron chi connectivity index (χ2n) is 10.4. The average Bonchev–Trinajstić information content (AvgIpc) is 2.85. The number of ether oxygens (including phenoxy) is 3. The van der Waals surface area contributed by atoms with Crippen LogP contribution in [0.3, 0.4) is 0 Å². The normalized spacial score (nSPS) is 29.4. The van der Waals surface area contributed by atoms with Crippen LogP contribution in [-0.2, 0) is 14.3 Å². The number of para-hydroxylation sites is 1. The topological polar surface area (TPSA) is 44.8 Å². The standard InChI is InChI=1S/C28H42O4/c29-28(32-27-9-5-2-6-10-27)24-17-13-22(14-18-24)11-12-23-15-19-26(20-16-23)31-21-30-25-7-3-1-4-8-25/h1,3-4,7-8,22-24,26-27H,2,5-6,9-21H2. The second kappa shape index (κ2) is 12.6. The lowest BCUT2D eigenvalue weighted by molar-refractivity contribution is -0.157. The van der Waals surface area contributed by atoms with Gasteiger partial charge in [0.2, 0.25) is 0 Å². The molecule has 3 aliphatic rings. The molecule has 0 aliphatic heterocycles. The van der Waals surface area contributed by atoms with Crippen molar-refractivity contribution < 1.29 is 19.0 Å². The fourth-order valence-corrected chi connectivity index (χ4v) is 5.90. The molecule has 0 saturated heterocycles. The monoisotopic (exact) mass is 442 g/mol. The van der Waals surface area contributed by atoms with Gasteiger partial charge in [0, 0.05) is 0 Å². The molecule has 0 spiro atoms. The third-order valence-corrected chi connectivity index (χ3v) is 8.06. The van der Waals surface area contributed by atoms with E-state index in [0.29, 0.717) is 12.9 Å². The third-order valence-electron chi connectivity index (χ3n) is 8.06. The molecule has 0 amide bonds. The van der Waals surface area contributed by atoms with Crippen LogP contribution in [0.4, 0.5) is 0 Å². The lowest BCUT2D eigenvalue weighted by atomic mass is 9.77. The van der Waals surface area contributed by atoms with Crippen molar-refractivity contribution in [1.29, 1.82) is 0 Å². The Morgan fingerprint density at radius 3 is 2.00 bits per heavy atom. The van der Waals surface area contributed by atoms with E-state index >= 15 is 0 Å². The molecule has 0 bridgehead atoms. The number of carbonyl (C=O) groups excluding carboxylic acids is 1. The predicted octanol–water partition coefficient (Wildman–Crippen LogP) is 7.06. The highest BCUT2D eigenvalue weighted by molar-refractivity contribution is 5.72. The van der Waals surface area contributed by atoms with Crippen LogP contribution in [-0.4, -0.2) is 25.0 Å². The number of rotatable bonds is 9. The van der Waals surface area contributed by atoms with Crippen molar-refractivity contribution in [2.24, 2.45) is 17.8 Å². The molecule has 4 heteroatoms. The number of hydrogen-bond acceptors (Lipinski definition) is 4. The Balaban J connectivity index is 1.05. The van der Waals surface area contributed by atoms with Gasteiger partial charge in [0.25, 0.3) is 0 Å². The zero-order valence-electron chi connectivity index (χ0n) is 19.7. The summed E-state index contributed by atoms with van der Waals surface area (Å²) in [5.41, 5.74) is 0. The number of benzene rings is 1. The summed E-state index contributed by atoms with van der Waals surface area (Å²) in [6.07, 6.45) is 18.5. The van der Waals surface area contributed by atoms with Gasteiger partial charge in [0.05, 0.1) is 12.0 Å². The van der Waals surface area contributed by atoms with Crippen LogP contribution < -0.4 is 4.74 Å². The van der Waals surface area contributed by atoms with Gasteiger partial charge in [-0.3, -0.25) is 4.79 Å². The first-order valence-corrected chi connectivity index (χ1v) is 13.3. The van der Waals surface area contributed by atoms with E-state index in [1.165, 1.54) is 57.8 Å². The molecule has 3 aliphatic carbocycles. The largest absolute Gasteiger partial charge is 0.468 e. The molecule has 178 valence electrons. The van der Waals surface area contributed by atoms with Crippen molar-refractivity contribution in [3.05, 3.63) is 30.3 Å². The minimum Gasteiger partial charge on any atom is -0.468 e. The Labute approximate surface area is 194 Å². The molecule has 1 aromatic rings. The Bertz CT molecular complexity index is 653. The number of carbonyl (C=O) groups is 1. The maximum atomic E-state index is 12.5. The van der Waals surface area contributed by atoms with Crippen molar-refractivity contribution in [3.8, 4) is 5.75 Å². The van der Waals surface area contributed by atoms with E-state index < -0.39 is 0 Å². The van der Waals surface area contributed by atoms with Gasteiger partial charge in [-0.1, -0.05) is 37.5 Å². The van der Waals surface area contributed by atoms with Gasteiger partial charge in [-0.05, 0) is 101 Å². The number of esters is 1. The number of hydrogen-bond donors (Lipinski definition) is 0. The van der Waals surface area contributed by atoms with E-state index in [-0.39, 0.29) is 18.0 Å². The molecule has 0 N–H and O–H groups in total. The summed E-state index contributed by atoms with van der Waals surface area (Å²) in [4.78, 5) is 12.5. The van der Waals surface area contributed by atoms with Gasteiger partial charge >= 0.3 is 5.97 Å². The Morgan fingerprint density at radius 1 is 0.719 bits per heavy atom. The summed E-state index contributed by atoms with van der Waals surface area (Å²) in [5, 5.41) is 0. The zero-order valence-corrected chi connectivity index (χ0v) is 19.7. The zero-order chi connectivity index (χ0) is 22.0. The minimum atomic E-state index is 0.102. The first-order chi connectivity index (χ1) is 15.8. The molecule has 32 heavy (non-hydrogen) atoms. The van der Waals surface area contributed by atoms with Gasteiger partial charge in [-0.25, -0.2) is 0 Å². The molecular formula is C28H42O4. The van der Waals surface area contributed by atoms with E-state index in [9.17, 15) is 4.79 Å². The smallest absolute Gasteiger partial charge is 0.309 e. The van der Waals surface area contributed by atoms with Gasteiger partial charge in [0.1, 0.15) is 11.9 Å². The van der Waals surface area contributed by atoms with E-state index in [1.807, 2.05) is 30.3 Å². The van der Waals surface area contributed by atoms with Gasteiger partial charge in [-0.2, -0.15) is 0 Å². The van der Waals surface area contributed by atoms with Crippen molar-refractivity contribution in [2.75, 3.05) is 6.79 Å². The fraction of sp³-hybridized carbons (Fsp3) is 0.750. The fourth-order valence-electron chi connectivity index (χ4n) is 5.90. The summed E-state index contributed by atoms with van der Waals surface area (Å²) in [6.45, 7) is 0.353. The van der Waals surface area contributed by atoms with E-state index in [2.05, 4.69) is 0 Å². The maximum Gasteiger partial charge on any atom is 0.309 e. The second-order valence-corrected chi connectivity index (χ2v) is 10.4. The average molecular weight is 443 g/mol. The summed E-state index contributed by atoms with van der Waals surface area (Å²) in [7, 11) is 0. The Morgan fingerprint density at radius 2 is 1.34 bits per heavy atom. The van der Waals surface area contributed by atoms with Crippen LogP contribution in [0.25, 0.3) is 0 Å². The highest BCUT2D eigenvalue weighted by atomic mass is 16.7. The molecule has 1 aromatic carbocycles. The van der Waals surface area contributed by atoms with Crippen LogP contribution in [0.1, 0.15) is 96.3 Å². The summed E-state index contributed by atoms with van der Waals surface area (Å²) >= 11 is 0. The minimum absolute atomic E-state index is 0.102. The molecule has 0 aromatic heterocycles. The van der Waals surface area contributed by atoms with Crippen LogP contribution in [0.2, 0.25) is 0 Å². The molecule has 3 saturated carbocycles. The van der Waals surface area contributed by atoms with Crippen LogP contribution in [0.15, 0.2) is 30.3 Å². The molecule has 4 nitrogen and oxygen atoms in total. The molecule has 0 heterocycles. The Hall–Kier alpha value is -1.55. The van der Waals surface area contributed by atoms with Crippen molar-refractivity contribution in [1.82, 2.24) is 0 Å². The van der Waals surface area contributed by atoms with Gasteiger partial charge < -0.3 is 14.2 Å². The third kappa shape index (κ3) is 7.50.